The van der Waals surface area contributed by atoms with Gasteiger partial charge < -0.3 is 20.3 Å². The van der Waals surface area contributed by atoms with Crippen LogP contribution in [0.5, 0.6) is 0 Å². The molecule has 0 radical (unpaired) electrons. The van der Waals surface area contributed by atoms with Crippen molar-refractivity contribution in [3.63, 3.8) is 0 Å². The quantitative estimate of drug-likeness (QED) is 0.0320. The maximum absolute atomic E-state index is 12.6. The van der Waals surface area contributed by atoms with Gasteiger partial charge in [0.1, 0.15) is 0 Å². The average Bonchev–Trinajstić information content (AvgIpc) is 3.59. The molecule has 0 aromatic carbocycles. The fraction of sp³-hybridized carbons (Fsp3) is 0.905. The third kappa shape index (κ3) is 75.1. The molecule has 0 bridgehead atoms. The molecule has 3 N–H and O–H groups in total. The lowest BCUT2D eigenvalue weighted by atomic mass is 10.0. The van der Waals surface area contributed by atoms with Gasteiger partial charge in [-0.05, 0) is 83.5 Å². The van der Waals surface area contributed by atoms with E-state index in [4.69, 9.17) is 4.74 Å². The molecule has 2 unspecified atom stereocenters. The van der Waals surface area contributed by atoms with E-state index in [-0.39, 0.29) is 18.5 Å². The van der Waals surface area contributed by atoms with E-state index in [2.05, 4.69) is 43.5 Å². The molecule has 0 heterocycles. The molecule has 0 aromatic heterocycles. The maximum atomic E-state index is 12.6. The van der Waals surface area contributed by atoms with Crippen molar-refractivity contribution in [1.82, 2.24) is 5.32 Å². The number of ether oxygens (including phenoxy) is 1. The molecule has 532 valence electrons. The lowest BCUT2D eigenvalue weighted by Crippen LogP contribution is -2.45. The van der Waals surface area contributed by atoms with E-state index in [9.17, 15) is 19.8 Å². The Morgan fingerprint density at radius 3 is 0.789 bits per heavy atom. The van der Waals surface area contributed by atoms with Crippen LogP contribution in [0.4, 0.5) is 0 Å². The molecule has 6 nitrogen and oxygen atoms in total. The van der Waals surface area contributed by atoms with Crippen LogP contribution < -0.4 is 5.32 Å². The summed E-state index contributed by atoms with van der Waals surface area (Å²) in [6, 6.07) is -0.628. The van der Waals surface area contributed by atoms with Gasteiger partial charge in [-0.25, -0.2) is 0 Å². The van der Waals surface area contributed by atoms with Crippen LogP contribution in [0.3, 0.4) is 0 Å². The Bertz CT molecular complexity index is 1460. The average molecular weight is 1270 g/mol. The number of esters is 1. The Labute approximate surface area is 564 Å². The number of carbonyl (C=O) groups excluding carboxylic acids is 2. The van der Waals surface area contributed by atoms with Gasteiger partial charge in [0.25, 0.3) is 0 Å². The molecule has 0 fully saturated rings. The minimum atomic E-state index is -0.845. The number of hydrogen-bond donors (Lipinski definition) is 3. The van der Waals surface area contributed by atoms with Gasteiger partial charge in [-0.3, -0.25) is 9.59 Å². The van der Waals surface area contributed by atoms with Crippen molar-refractivity contribution >= 4 is 11.9 Å². The standard InChI is InChI=1S/C84H161NO5/c1-3-5-7-9-11-13-15-17-19-21-23-24-34-37-41-44-48-52-56-60-64-68-72-76-82(87)81(80-86)85-83(88)77-73-69-65-61-57-53-49-45-42-38-35-32-30-28-26-25-27-29-31-33-36-39-43-47-51-55-59-63-67-71-75-79-90-84(89)78-74-70-66-62-58-54-50-46-40-22-20-18-16-14-12-10-8-6-4-2/h18,20,27,29,72,76,81-82,86-87H,3-17,19,21-26,28,30-71,73-75,77-80H2,1-2H3,(H,85,88)/b20-18-,29-27-,76-72+. The monoisotopic (exact) mass is 1260 g/mol. The Balaban J connectivity index is 3.37. The lowest BCUT2D eigenvalue weighted by molar-refractivity contribution is -0.143. The van der Waals surface area contributed by atoms with E-state index < -0.39 is 12.1 Å². The number of rotatable bonds is 78. The second-order valence-corrected chi connectivity index (χ2v) is 28.4. The van der Waals surface area contributed by atoms with E-state index in [1.807, 2.05) is 6.08 Å². The van der Waals surface area contributed by atoms with Crippen LogP contribution in [0.15, 0.2) is 36.5 Å². The van der Waals surface area contributed by atoms with Crippen LogP contribution in [0.1, 0.15) is 463 Å². The molecule has 0 saturated heterocycles. The summed E-state index contributed by atoms with van der Waals surface area (Å²) in [7, 11) is 0. The van der Waals surface area contributed by atoms with Gasteiger partial charge in [-0.2, -0.15) is 0 Å². The van der Waals surface area contributed by atoms with Crippen LogP contribution in [-0.4, -0.2) is 47.4 Å². The predicted octanol–water partition coefficient (Wildman–Crippen LogP) is 27.4. The van der Waals surface area contributed by atoms with Crippen molar-refractivity contribution in [3.8, 4) is 0 Å². The van der Waals surface area contributed by atoms with Crippen molar-refractivity contribution in [2.75, 3.05) is 13.2 Å². The van der Waals surface area contributed by atoms with Crippen LogP contribution >= 0.6 is 0 Å². The molecule has 0 aromatic rings. The maximum Gasteiger partial charge on any atom is 0.305 e. The number of hydrogen-bond acceptors (Lipinski definition) is 5. The molecular weight excluding hydrogens is 1100 g/mol. The molecule has 0 aliphatic rings. The summed E-state index contributed by atoms with van der Waals surface area (Å²) in [6.45, 7) is 4.95. The number of aliphatic hydroxyl groups is 2. The minimum absolute atomic E-state index is 0.0179. The Kier molecular flexibility index (Phi) is 77.8. The highest BCUT2D eigenvalue weighted by molar-refractivity contribution is 5.76. The third-order valence-electron chi connectivity index (χ3n) is 19.4. The first-order chi connectivity index (χ1) is 44.5. The van der Waals surface area contributed by atoms with Crippen LogP contribution in [0.2, 0.25) is 0 Å². The highest BCUT2D eigenvalue weighted by Gasteiger charge is 2.18. The summed E-state index contributed by atoms with van der Waals surface area (Å²) in [5, 5.41) is 23.3. The number of nitrogens with one attached hydrogen (secondary N) is 1. The zero-order valence-electron chi connectivity index (χ0n) is 61.1. The van der Waals surface area contributed by atoms with Crippen molar-refractivity contribution in [1.29, 1.82) is 0 Å². The van der Waals surface area contributed by atoms with Crippen LogP contribution in [-0.2, 0) is 14.3 Å². The molecule has 0 aliphatic carbocycles. The number of aliphatic hydroxyl groups excluding tert-OH is 2. The fourth-order valence-corrected chi connectivity index (χ4v) is 13.1. The molecule has 6 heteroatoms. The van der Waals surface area contributed by atoms with Crippen molar-refractivity contribution < 1.29 is 24.5 Å². The normalized spacial score (nSPS) is 12.6. The molecular formula is C84H161NO5. The van der Waals surface area contributed by atoms with Gasteiger partial charge in [-0.15, -0.1) is 0 Å². The Hall–Kier alpha value is -1.92. The van der Waals surface area contributed by atoms with Crippen molar-refractivity contribution in [2.45, 2.75) is 475 Å². The molecule has 0 rings (SSSR count). The smallest absolute Gasteiger partial charge is 0.305 e. The number of amides is 1. The summed E-state index contributed by atoms with van der Waals surface area (Å²) < 4.78 is 5.52. The van der Waals surface area contributed by atoms with E-state index in [1.54, 1.807) is 6.08 Å². The molecule has 0 saturated carbocycles. The van der Waals surface area contributed by atoms with Gasteiger partial charge in [0, 0.05) is 12.8 Å². The van der Waals surface area contributed by atoms with Gasteiger partial charge in [-0.1, -0.05) is 403 Å². The molecule has 2 atom stereocenters. The zero-order valence-corrected chi connectivity index (χ0v) is 61.1. The number of carbonyl (C=O) groups is 2. The zero-order chi connectivity index (χ0) is 64.9. The van der Waals surface area contributed by atoms with Crippen molar-refractivity contribution in [3.05, 3.63) is 36.5 Å². The van der Waals surface area contributed by atoms with Gasteiger partial charge in [0.15, 0.2) is 0 Å². The van der Waals surface area contributed by atoms with Gasteiger partial charge in [0.2, 0.25) is 5.91 Å². The minimum Gasteiger partial charge on any atom is -0.466 e. The molecule has 90 heavy (non-hydrogen) atoms. The Morgan fingerprint density at radius 1 is 0.300 bits per heavy atom. The first kappa shape index (κ1) is 88.1. The predicted molar refractivity (Wildman–Crippen MR) is 398 cm³/mol. The first-order valence-corrected chi connectivity index (χ1v) is 41.3. The summed E-state index contributed by atoms with van der Waals surface area (Å²) in [6.07, 6.45) is 104. The fourth-order valence-electron chi connectivity index (χ4n) is 13.1. The van der Waals surface area contributed by atoms with E-state index in [1.165, 1.54) is 398 Å². The molecule has 1 amide bonds. The van der Waals surface area contributed by atoms with E-state index in [0.29, 0.717) is 19.4 Å². The Morgan fingerprint density at radius 2 is 0.522 bits per heavy atom. The SMILES string of the molecule is CCCCCCCC/C=C\CCCCCCCCCCCC(=O)OCCCCCCCCCCCCCC/C=C\CCCCCCCCCCCCCCCCCC(=O)NC(CO)C(O)/C=C/CCCCCCCCCCCCCCCCCCCCCCC. The lowest BCUT2D eigenvalue weighted by Gasteiger charge is -2.20. The van der Waals surface area contributed by atoms with E-state index >= 15 is 0 Å². The second-order valence-electron chi connectivity index (χ2n) is 28.4. The number of allylic oxidation sites excluding steroid dienone is 5. The van der Waals surface area contributed by atoms with Crippen molar-refractivity contribution in [2.24, 2.45) is 0 Å². The highest BCUT2D eigenvalue weighted by atomic mass is 16.5. The van der Waals surface area contributed by atoms with Crippen LogP contribution in [0.25, 0.3) is 0 Å². The third-order valence-corrected chi connectivity index (χ3v) is 19.4. The van der Waals surface area contributed by atoms with Crippen LogP contribution in [0, 0.1) is 0 Å². The molecule has 0 aliphatic heterocycles. The largest absolute Gasteiger partial charge is 0.466 e. The molecule has 0 spiro atoms. The number of unbranched alkanes of at least 4 members (excludes halogenated alkanes) is 63. The van der Waals surface area contributed by atoms with Gasteiger partial charge in [0.05, 0.1) is 25.4 Å². The van der Waals surface area contributed by atoms with E-state index in [0.717, 1.165) is 38.5 Å². The summed E-state index contributed by atoms with van der Waals surface area (Å²) in [5.74, 6) is -0.0430. The summed E-state index contributed by atoms with van der Waals surface area (Å²) in [4.78, 5) is 24.7. The van der Waals surface area contributed by atoms with Gasteiger partial charge >= 0.3 is 5.97 Å². The highest BCUT2D eigenvalue weighted by Crippen LogP contribution is 2.20. The second kappa shape index (κ2) is 79.5. The topological polar surface area (TPSA) is 95.9 Å². The summed E-state index contributed by atoms with van der Waals surface area (Å²) in [5.41, 5.74) is 0. The summed E-state index contributed by atoms with van der Waals surface area (Å²) >= 11 is 0. The first-order valence-electron chi connectivity index (χ1n) is 41.3.